The van der Waals surface area contributed by atoms with Crippen molar-refractivity contribution in [3.63, 3.8) is 0 Å². The van der Waals surface area contributed by atoms with Gasteiger partial charge in [-0.2, -0.15) is 0 Å². The van der Waals surface area contributed by atoms with E-state index >= 15 is 0 Å². The number of nitrogens with one attached hydrogen (secondary N) is 2. The van der Waals surface area contributed by atoms with Crippen molar-refractivity contribution in [2.45, 2.75) is 13.1 Å². The number of anilines is 1. The summed E-state index contributed by atoms with van der Waals surface area (Å²) in [5.41, 5.74) is 1.56. The highest BCUT2D eigenvalue weighted by molar-refractivity contribution is 7.12. The molecule has 0 fully saturated rings. The molecule has 0 aliphatic heterocycles. The van der Waals surface area contributed by atoms with Gasteiger partial charge in [0.2, 0.25) is 5.78 Å². The monoisotopic (exact) mass is 378 g/mol. The molecule has 3 aromatic rings. The van der Waals surface area contributed by atoms with Crippen LogP contribution in [0.2, 0.25) is 0 Å². The molecule has 1 atom stereocenters. The smallest absolute Gasteiger partial charge is 0.253 e. The Morgan fingerprint density at radius 1 is 0.889 bits per heavy atom. The van der Waals surface area contributed by atoms with E-state index in [0.717, 1.165) is 0 Å². The molecule has 6 heteroatoms. The molecule has 136 valence electrons. The first-order chi connectivity index (χ1) is 13.0. The maximum absolute atomic E-state index is 12.9. The quantitative estimate of drug-likeness (QED) is 0.481. The highest BCUT2D eigenvalue weighted by atomic mass is 32.1. The van der Waals surface area contributed by atoms with Crippen LogP contribution >= 0.6 is 11.3 Å². The van der Waals surface area contributed by atoms with Crippen LogP contribution in [-0.2, 0) is 0 Å². The van der Waals surface area contributed by atoms with Crippen LogP contribution in [-0.4, -0.2) is 23.6 Å². The molecule has 0 bridgehead atoms. The first-order valence-electron chi connectivity index (χ1n) is 8.36. The molecular weight excluding hydrogens is 360 g/mol. The highest BCUT2D eigenvalue weighted by Crippen LogP contribution is 2.16. The maximum atomic E-state index is 12.9. The Balaban J connectivity index is 1.86. The maximum Gasteiger partial charge on any atom is 0.253 e. The largest absolute Gasteiger partial charge is 0.359 e. The van der Waals surface area contributed by atoms with Crippen LogP contribution in [0.15, 0.2) is 72.1 Å². The number of ketones is 2. The third kappa shape index (κ3) is 4.68. The fourth-order valence-electron chi connectivity index (χ4n) is 2.53. The minimum absolute atomic E-state index is 0.0758. The van der Waals surface area contributed by atoms with Crippen LogP contribution in [0.4, 0.5) is 5.69 Å². The second-order valence-electron chi connectivity index (χ2n) is 5.90. The molecule has 2 aromatic carbocycles. The van der Waals surface area contributed by atoms with Crippen molar-refractivity contribution in [1.29, 1.82) is 0 Å². The van der Waals surface area contributed by atoms with E-state index in [4.69, 9.17) is 0 Å². The molecule has 1 aromatic heterocycles. The molecule has 0 radical (unpaired) electrons. The van der Waals surface area contributed by atoms with Gasteiger partial charge in [0.05, 0.1) is 4.88 Å². The lowest BCUT2D eigenvalue weighted by molar-refractivity contribution is 0.0871. The number of rotatable bonds is 7. The molecule has 1 heterocycles. The summed E-state index contributed by atoms with van der Waals surface area (Å²) >= 11 is 1.31. The van der Waals surface area contributed by atoms with Gasteiger partial charge in [-0.25, -0.2) is 0 Å². The highest BCUT2D eigenvalue weighted by Gasteiger charge is 2.23. The van der Waals surface area contributed by atoms with Gasteiger partial charge in [-0.15, -0.1) is 11.3 Å². The Morgan fingerprint density at radius 2 is 1.63 bits per heavy atom. The number of hydrogen-bond donors (Lipinski definition) is 2. The molecule has 0 aliphatic rings. The molecular formula is C21H18N2O3S. The molecule has 0 unspecified atom stereocenters. The number of carbonyl (C=O) groups excluding carboxylic acids is 3. The fraction of sp³-hybridized carbons (Fsp3) is 0.0952. The topological polar surface area (TPSA) is 75.3 Å². The lowest BCUT2D eigenvalue weighted by Crippen LogP contribution is -2.46. The fourth-order valence-corrected chi connectivity index (χ4v) is 3.22. The minimum Gasteiger partial charge on any atom is -0.359 e. The van der Waals surface area contributed by atoms with Gasteiger partial charge in [-0.05, 0) is 42.6 Å². The average molecular weight is 378 g/mol. The van der Waals surface area contributed by atoms with E-state index in [-0.39, 0.29) is 17.5 Å². The van der Waals surface area contributed by atoms with Crippen molar-refractivity contribution in [3.05, 3.63) is 88.1 Å². The lowest BCUT2D eigenvalue weighted by atomic mass is 10.1. The van der Waals surface area contributed by atoms with Gasteiger partial charge in [-0.1, -0.05) is 36.4 Å². The number of hydrogen-bond acceptors (Lipinski definition) is 5. The molecule has 27 heavy (non-hydrogen) atoms. The second kappa shape index (κ2) is 8.42. The second-order valence-corrected chi connectivity index (χ2v) is 6.84. The first kappa shape index (κ1) is 18.5. The van der Waals surface area contributed by atoms with E-state index in [9.17, 15) is 14.4 Å². The van der Waals surface area contributed by atoms with Crippen LogP contribution in [0.1, 0.15) is 37.3 Å². The van der Waals surface area contributed by atoms with Crippen molar-refractivity contribution >= 4 is 34.5 Å². The van der Waals surface area contributed by atoms with Crippen molar-refractivity contribution in [1.82, 2.24) is 5.32 Å². The third-order valence-electron chi connectivity index (χ3n) is 3.92. The Hall–Kier alpha value is -3.25. The first-order valence-corrected chi connectivity index (χ1v) is 9.24. The van der Waals surface area contributed by atoms with Gasteiger partial charge < -0.3 is 10.6 Å². The SMILES string of the molecule is CC(=O)c1cccc(N[C@@H](NC(=O)c2ccccc2)C(=O)c2cccs2)c1. The number of Topliss-reactive ketones (excluding diaryl/α,β-unsaturated/α-hetero) is 2. The summed E-state index contributed by atoms with van der Waals surface area (Å²) in [4.78, 5) is 37.5. The summed E-state index contributed by atoms with van der Waals surface area (Å²) in [5.74, 6) is -0.684. The zero-order chi connectivity index (χ0) is 19.2. The molecule has 2 N–H and O–H groups in total. The van der Waals surface area contributed by atoms with Crippen LogP contribution in [0.25, 0.3) is 0 Å². The molecule has 5 nitrogen and oxygen atoms in total. The Bertz CT molecular complexity index is 953. The summed E-state index contributed by atoms with van der Waals surface area (Å²) < 4.78 is 0. The Labute approximate surface area is 161 Å². The van der Waals surface area contributed by atoms with Gasteiger partial charge in [-0.3, -0.25) is 14.4 Å². The van der Waals surface area contributed by atoms with Crippen molar-refractivity contribution in [2.24, 2.45) is 0 Å². The summed E-state index contributed by atoms with van der Waals surface area (Å²) in [6.45, 7) is 1.48. The van der Waals surface area contributed by atoms with E-state index in [2.05, 4.69) is 10.6 Å². The zero-order valence-electron chi connectivity index (χ0n) is 14.6. The molecule has 0 saturated carbocycles. The molecule has 1 amide bonds. The van der Waals surface area contributed by atoms with Gasteiger partial charge >= 0.3 is 0 Å². The molecule has 3 rings (SSSR count). The predicted octanol–water partition coefficient (Wildman–Crippen LogP) is 4.00. The van der Waals surface area contributed by atoms with E-state index in [1.165, 1.54) is 18.3 Å². The van der Waals surface area contributed by atoms with Crippen molar-refractivity contribution < 1.29 is 14.4 Å². The number of thiophene rings is 1. The van der Waals surface area contributed by atoms with Crippen LogP contribution in [0.3, 0.4) is 0 Å². The third-order valence-corrected chi connectivity index (χ3v) is 4.80. The predicted molar refractivity (Wildman–Crippen MR) is 106 cm³/mol. The average Bonchev–Trinajstić information content (AvgIpc) is 3.22. The van der Waals surface area contributed by atoms with E-state index < -0.39 is 6.17 Å². The normalized spacial score (nSPS) is 11.4. The van der Waals surface area contributed by atoms with E-state index in [1.54, 1.807) is 66.0 Å². The molecule has 0 spiro atoms. The van der Waals surface area contributed by atoms with Gasteiger partial charge in [0.25, 0.3) is 5.91 Å². The number of carbonyl (C=O) groups is 3. The van der Waals surface area contributed by atoms with E-state index in [1.807, 2.05) is 6.07 Å². The number of amides is 1. The van der Waals surface area contributed by atoms with E-state index in [0.29, 0.717) is 21.7 Å². The minimum atomic E-state index is -0.960. The van der Waals surface area contributed by atoms with Gasteiger partial charge in [0, 0.05) is 16.8 Å². The summed E-state index contributed by atoms with van der Waals surface area (Å²) in [7, 11) is 0. The van der Waals surface area contributed by atoms with Crippen molar-refractivity contribution in [3.8, 4) is 0 Å². The standard InChI is InChI=1S/C21H18N2O3S/c1-14(24)16-9-5-10-17(13-16)22-20(19(25)18-11-6-12-27-18)23-21(26)15-7-3-2-4-8-15/h2-13,20,22H,1H3,(H,23,26)/t20-/m0/s1. The summed E-state index contributed by atoms with van der Waals surface area (Å²) in [6, 6.07) is 19.0. The Morgan fingerprint density at radius 3 is 2.30 bits per heavy atom. The Kier molecular flexibility index (Phi) is 5.78. The molecule has 0 saturated heterocycles. The van der Waals surface area contributed by atoms with Crippen LogP contribution < -0.4 is 10.6 Å². The summed E-state index contributed by atoms with van der Waals surface area (Å²) in [5, 5.41) is 7.58. The van der Waals surface area contributed by atoms with Crippen molar-refractivity contribution in [2.75, 3.05) is 5.32 Å². The summed E-state index contributed by atoms with van der Waals surface area (Å²) in [6.07, 6.45) is -0.960. The van der Waals surface area contributed by atoms with Crippen LogP contribution in [0, 0.1) is 0 Å². The molecule has 0 aliphatic carbocycles. The van der Waals surface area contributed by atoms with Gasteiger partial charge in [0.15, 0.2) is 11.9 Å². The van der Waals surface area contributed by atoms with Crippen LogP contribution in [0.5, 0.6) is 0 Å². The lowest BCUT2D eigenvalue weighted by Gasteiger charge is -2.20. The van der Waals surface area contributed by atoms with Gasteiger partial charge in [0.1, 0.15) is 0 Å². The number of benzene rings is 2. The zero-order valence-corrected chi connectivity index (χ0v) is 15.5.